The molecule has 3 unspecified atom stereocenters. The van der Waals surface area contributed by atoms with Gasteiger partial charge in [-0.1, -0.05) is 0 Å². The fourth-order valence-electron chi connectivity index (χ4n) is 3.61. The molecular weight excluding hydrogens is 242 g/mol. The van der Waals surface area contributed by atoms with Crippen LogP contribution in [0.15, 0.2) is 0 Å². The van der Waals surface area contributed by atoms with Crippen molar-refractivity contribution in [2.45, 2.75) is 50.4 Å². The van der Waals surface area contributed by atoms with Gasteiger partial charge in [0.2, 0.25) is 0 Å². The van der Waals surface area contributed by atoms with Crippen molar-refractivity contribution in [2.24, 2.45) is 5.73 Å². The van der Waals surface area contributed by atoms with E-state index >= 15 is 0 Å². The van der Waals surface area contributed by atoms with Crippen LogP contribution in [-0.2, 0) is 9.53 Å². The van der Waals surface area contributed by atoms with Crippen LogP contribution in [-0.4, -0.2) is 66.7 Å². The predicted octanol–water partition coefficient (Wildman–Crippen LogP) is 0.189. The molecule has 2 N–H and O–H groups in total. The molecule has 108 valence electrons. The monoisotopic (exact) mass is 267 g/mol. The third-order valence-corrected chi connectivity index (χ3v) is 4.78. The van der Waals surface area contributed by atoms with E-state index in [0.29, 0.717) is 12.6 Å². The molecule has 0 aromatic heterocycles. The number of likely N-dealkylation sites (tertiary alicyclic amines) is 2. The Bertz CT molecular complexity index is 331. The van der Waals surface area contributed by atoms with Crippen molar-refractivity contribution in [2.75, 3.05) is 32.7 Å². The van der Waals surface area contributed by atoms with Crippen LogP contribution in [0, 0.1) is 0 Å². The summed E-state index contributed by atoms with van der Waals surface area (Å²) in [6.45, 7) is 4.74. The van der Waals surface area contributed by atoms with Gasteiger partial charge in [-0.2, -0.15) is 0 Å². The van der Waals surface area contributed by atoms with Crippen LogP contribution in [0.2, 0.25) is 0 Å². The minimum atomic E-state index is -0.231. The Morgan fingerprint density at radius 3 is 2.63 bits per heavy atom. The van der Waals surface area contributed by atoms with Crippen molar-refractivity contribution in [3.63, 3.8) is 0 Å². The van der Waals surface area contributed by atoms with E-state index in [-0.39, 0.29) is 18.1 Å². The zero-order chi connectivity index (χ0) is 13.2. The van der Waals surface area contributed by atoms with Crippen molar-refractivity contribution in [1.29, 1.82) is 0 Å². The summed E-state index contributed by atoms with van der Waals surface area (Å²) in [5.74, 6) is 0.192. The first-order chi connectivity index (χ1) is 9.28. The van der Waals surface area contributed by atoms with E-state index < -0.39 is 0 Å². The Kier molecular flexibility index (Phi) is 4.05. The van der Waals surface area contributed by atoms with Crippen LogP contribution in [0.1, 0.15) is 32.1 Å². The summed E-state index contributed by atoms with van der Waals surface area (Å²) in [7, 11) is 0. The minimum absolute atomic E-state index is 0.0888. The molecule has 3 fully saturated rings. The fraction of sp³-hybridized carbons (Fsp3) is 0.929. The highest BCUT2D eigenvalue weighted by Crippen LogP contribution is 2.25. The summed E-state index contributed by atoms with van der Waals surface area (Å²) in [5, 5.41) is 0. The number of nitrogens with zero attached hydrogens (tertiary/aromatic N) is 2. The van der Waals surface area contributed by atoms with Gasteiger partial charge in [-0.05, 0) is 45.2 Å². The largest absolute Gasteiger partial charge is 0.364 e. The SMILES string of the molecule is NCC1CCC(C(=O)N2CCC(N3CCCC3)C2)O1. The van der Waals surface area contributed by atoms with Crippen LogP contribution in [0.3, 0.4) is 0 Å². The lowest BCUT2D eigenvalue weighted by molar-refractivity contribution is -0.141. The first-order valence-corrected chi connectivity index (χ1v) is 7.66. The number of hydrogen-bond acceptors (Lipinski definition) is 4. The molecule has 0 radical (unpaired) electrons. The van der Waals surface area contributed by atoms with E-state index in [0.717, 1.165) is 32.4 Å². The highest BCUT2D eigenvalue weighted by molar-refractivity contribution is 5.81. The number of amides is 1. The van der Waals surface area contributed by atoms with E-state index in [9.17, 15) is 4.79 Å². The van der Waals surface area contributed by atoms with Crippen LogP contribution in [0.5, 0.6) is 0 Å². The molecule has 3 aliphatic heterocycles. The topological polar surface area (TPSA) is 58.8 Å². The van der Waals surface area contributed by atoms with E-state index in [4.69, 9.17) is 10.5 Å². The van der Waals surface area contributed by atoms with E-state index in [1.165, 1.54) is 25.9 Å². The summed E-state index contributed by atoms with van der Waals surface area (Å²) >= 11 is 0. The Morgan fingerprint density at radius 1 is 1.16 bits per heavy atom. The van der Waals surface area contributed by atoms with Gasteiger partial charge in [0.05, 0.1) is 6.10 Å². The lowest BCUT2D eigenvalue weighted by Crippen LogP contribution is -2.41. The third kappa shape index (κ3) is 2.78. The van der Waals surface area contributed by atoms with Crippen LogP contribution >= 0.6 is 0 Å². The van der Waals surface area contributed by atoms with Crippen LogP contribution in [0.25, 0.3) is 0 Å². The number of carbonyl (C=O) groups is 1. The molecule has 0 spiro atoms. The summed E-state index contributed by atoms with van der Waals surface area (Å²) in [4.78, 5) is 17.0. The molecular formula is C14H25N3O2. The fourth-order valence-corrected chi connectivity index (χ4v) is 3.61. The molecule has 5 heteroatoms. The third-order valence-electron chi connectivity index (χ3n) is 4.78. The van der Waals surface area contributed by atoms with E-state index in [1.807, 2.05) is 4.90 Å². The lowest BCUT2D eigenvalue weighted by atomic mass is 10.2. The maximum atomic E-state index is 12.4. The van der Waals surface area contributed by atoms with Gasteiger partial charge < -0.3 is 15.4 Å². The average Bonchev–Trinajstić information content (AvgIpc) is 3.16. The van der Waals surface area contributed by atoms with Gasteiger partial charge in [0.1, 0.15) is 6.10 Å². The molecule has 3 aliphatic rings. The van der Waals surface area contributed by atoms with Crippen molar-refractivity contribution in [1.82, 2.24) is 9.80 Å². The highest BCUT2D eigenvalue weighted by atomic mass is 16.5. The molecule has 0 aromatic rings. The molecule has 0 aliphatic carbocycles. The van der Waals surface area contributed by atoms with Crippen molar-refractivity contribution in [3.05, 3.63) is 0 Å². The van der Waals surface area contributed by atoms with Gasteiger partial charge in [0.15, 0.2) is 0 Å². The zero-order valence-corrected chi connectivity index (χ0v) is 11.6. The maximum Gasteiger partial charge on any atom is 0.251 e. The average molecular weight is 267 g/mol. The number of rotatable bonds is 3. The van der Waals surface area contributed by atoms with Crippen LogP contribution in [0.4, 0.5) is 0 Å². The second-order valence-electron chi connectivity index (χ2n) is 6.03. The molecule has 19 heavy (non-hydrogen) atoms. The van der Waals surface area contributed by atoms with Crippen LogP contribution < -0.4 is 5.73 Å². The smallest absolute Gasteiger partial charge is 0.251 e. The first-order valence-electron chi connectivity index (χ1n) is 7.66. The number of ether oxygens (including phenoxy) is 1. The first kappa shape index (κ1) is 13.3. The maximum absolute atomic E-state index is 12.4. The van der Waals surface area contributed by atoms with E-state index in [1.54, 1.807) is 0 Å². The highest BCUT2D eigenvalue weighted by Gasteiger charge is 2.37. The molecule has 1 amide bonds. The number of carbonyl (C=O) groups excluding carboxylic acids is 1. The molecule has 5 nitrogen and oxygen atoms in total. The Labute approximate surface area is 115 Å². The number of hydrogen-bond donors (Lipinski definition) is 1. The van der Waals surface area contributed by atoms with Gasteiger partial charge in [-0.15, -0.1) is 0 Å². The Hall–Kier alpha value is -0.650. The molecule has 3 heterocycles. The zero-order valence-electron chi connectivity index (χ0n) is 11.6. The summed E-state index contributed by atoms with van der Waals surface area (Å²) in [5.41, 5.74) is 5.60. The van der Waals surface area contributed by atoms with Crippen molar-refractivity contribution in [3.8, 4) is 0 Å². The number of nitrogens with two attached hydrogens (primary N) is 1. The quantitative estimate of drug-likeness (QED) is 0.793. The van der Waals surface area contributed by atoms with Gasteiger partial charge in [-0.3, -0.25) is 9.69 Å². The second kappa shape index (κ2) is 5.77. The van der Waals surface area contributed by atoms with Gasteiger partial charge >= 0.3 is 0 Å². The van der Waals surface area contributed by atoms with Gasteiger partial charge in [-0.25, -0.2) is 0 Å². The van der Waals surface area contributed by atoms with Crippen molar-refractivity contribution >= 4 is 5.91 Å². The van der Waals surface area contributed by atoms with Crippen molar-refractivity contribution < 1.29 is 9.53 Å². The molecule has 3 rings (SSSR count). The second-order valence-corrected chi connectivity index (χ2v) is 6.03. The summed E-state index contributed by atoms with van der Waals surface area (Å²) in [6, 6.07) is 0.582. The standard InChI is InChI=1S/C14H25N3O2/c15-9-12-3-4-13(19-12)14(18)17-8-5-11(10-17)16-6-1-2-7-16/h11-13H,1-10,15H2. The normalized spacial score (nSPS) is 36.3. The van der Waals surface area contributed by atoms with E-state index in [2.05, 4.69) is 4.90 Å². The predicted molar refractivity (Wildman–Crippen MR) is 72.7 cm³/mol. The minimum Gasteiger partial charge on any atom is -0.364 e. The Balaban J connectivity index is 1.51. The molecule has 0 saturated carbocycles. The summed E-state index contributed by atoms with van der Waals surface area (Å²) < 4.78 is 5.72. The van der Waals surface area contributed by atoms with Gasteiger partial charge in [0, 0.05) is 25.7 Å². The molecule has 0 bridgehead atoms. The lowest BCUT2D eigenvalue weighted by Gasteiger charge is -2.25. The molecule has 0 aromatic carbocycles. The molecule has 3 saturated heterocycles. The molecule has 3 atom stereocenters. The summed E-state index contributed by atoms with van der Waals surface area (Å²) in [6.07, 6.45) is 5.38. The van der Waals surface area contributed by atoms with Gasteiger partial charge in [0.25, 0.3) is 5.91 Å². The Morgan fingerprint density at radius 2 is 1.95 bits per heavy atom.